The Labute approximate surface area is 102 Å². The molecule has 1 atom stereocenters. The fourth-order valence-corrected chi connectivity index (χ4v) is 2.97. The van der Waals surface area contributed by atoms with Gasteiger partial charge in [-0.15, -0.1) is 0 Å². The molecule has 0 spiro atoms. The minimum atomic E-state index is -2.91. The van der Waals surface area contributed by atoms with Gasteiger partial charge in [0.15, 0.2) is 0 Å². The molecule has 1 heterocycles. The Bertz CT molecular complexity index is 477. The first-order chi connectivity index (χ1) is 7.96. The summed E-state index contributed by atoms with van der Waals surface area (Å²) in [5, 5.41) is 3.22. The molecule has 17 heavy (non-hydrogen) atoms. The summed E-state index contributed by atoms with van der Waals surface area (Å²) in [6.45, 7) is 2.56. The average Bonchev–Trinajstić information content (AvgIpc) is 2.92. The number of aromatic nitrogens is 2. The van der Waals surface area contributed by atoms with E-state index in [0.717, 1.165) is 5.69 Å². The van der Waals surface area contributed by atoms with E-state index in [0.29, 0.717) is 12.6 Å². The summed E-state index contributed by atoms with van der Waals surface area (Å²) in [7, 11) is -2.91. The highest BCUT2D eigenvalue weighted by molar-refractivity contribution is 7.90. The third kappa shape index (κ3) is 3.81. The second kappa shape index (κ2) is 4.78. The van der Waals surface area contributed by atoms with Gasteiger partial charge in [0, 0.05) is 31.1 Å². The van der Waals surface area contributed by atoms with Crippen molar-refractivity contribution in [3.05, 3.63) is 18.2 Å². The molecule has 6 heteroatoms. The van der Waals surface area contributed by atoms with Crippen LogP contribution in [0.2, 0.25) is 0 Å². The molecule has 0 radical (unpaired) electrons. The molecule has 0 saturated heterocycles. The quantitative estimate of drug-likeness (QED) is 0.816. The molecular weight excluding hydrogens is 238 g/mol. The van der Waals surface area contributed by atoms with E-state index < -0.39 is 9.84 Å². The summed E-state index contributed by atoms with van der Waals surface area (Å²) < 4.78 is 24.4. The minimum absolute atomic E-state index is 0.0347. The van der Waals surface area contributed by atoms with Gasteiger partial charge in [0.25, 0.3) is 0 Å². The van der Waals surface area contributed by atoms with Gasteiger partial charge in [-0.05, 0) is 19.8 Å². The van der Waals surface area contributed by atoms with Crippen LogP contribution in [0.1, 0.15) is 31.5 Å². The fourth-order valence-electron chi connectivity index (χ4n) is 1.94. The van der Waals surface area contributed by atoms with E-state index >= 15 is 0 Å². The predicted molar refractivity (Wildman–Crippen MR) is 66.5 cm³/mol. The van der Waals surface area contributed by atoms with Crippen molar-refractivity contribution < 1.29 is 8.42 Å². The Morgan fingerprint density at radius 2 is 2.29 bits per heavy atom. The number of imidazole rings is 1. The monoisotopic (exact) mass is 257 g/mol. The summed E-state index contributed by atoms with van der Waals surface area (Å²) in [5.74, 6) is 0.171. The van der Waals surface area contributed by atoms with E-state index in [1.165, 1.54) is 19.1 Å². The Kier molecular flexibility index (Phi) is 3.53. The SMILES string of the molecule is CC(CS(C)(=O)=O)NCc1cncn1C1CC1. The van der Waals surface area contributed by atoms with Crippen LogP contribution in [0.3, 0.4) is 0 Å². The largest absolute Gasteiger partial charge is 0.330 e. The maximum Gasteiger partial charge on any atom is 0.148 e. The average molecular weight is 257 g/mol. The minimum Gasteiger partial charge on any atom is -0.330 e. The van der Waals surface area contributed by atoms with Crippen LogP contribution in [-0.2, 0) is 16.4 Å². The standard InChI is InChI=1S/C11H19N3O2S/c1-9(7-17(2,15)16)13-6-11-5-12-8-14(11)10-3-4-10/h5,8-10,13H,3-4,6-7H2,1-2H3. The molecular formula is C11H19N3O2S. The van der Waals surface area contributed by atoms with Crippen molar-refractivity contribution in [2.24, 2.45) is 0 Å². The fraction of sp³-hybridized carbons (Fsp3) is 0.727. The Hall–Kier alpha value is -0.880. The Morgan fingerprint density at radius 3 is 2.88 bits per heavy atom. The zero-order valence-corrected chi connectivity index (χ0v) is 11.1. The van der Waals surface area contributed by atoms with Crippen molar-refractivity contribution in [2.45, 2.75) is 38.4 Å². The zero-order valence-electron chi connectivity index (χ0n) is 10.3. The number of nitrogens with zero attached hydrogens (tertiary/aromatic N) is 2. The van der Waals surface area contributed by atoms with Gasteiger partial charge in [0.2, 0.25) is 0 Å². The number of hydrogen-bond acceptors (Lipinski definition) is 4. The molecule has 0 amide bonds. The van der Waals surface area contributed by atoms with Gasteiger partial charge in [0.1, 0.15) is 9.84 Å². The first-order valence-corrected chi connectivity index (χ1v) is 7.93. The first-order valence-electron chi connectivity index (χ1n) is 5.87. The van der Waals surface area contributed by atoms with Gasteiger partial charge in [-0.3, -0.25) is 0 Å². The number of rotatable bonds is 6. The van der Waals surface area contributed by atoms with Crippen LogP contribution in [0.4, 0.5) is 0 Å². The highest BCUT2D eigenvalue weighted by atomic mass is 32.2. The van der Waals surface area contributed by atoms with Crippen LogP contribution < -0.4 is 5.32 Å². The second-order valence-electron chi connectivity index (χ2n) is 4.90. The summed E-state index contributed by atoms with van der Waals surface area (Å²) in [6, 6.07) is 0.576. The molecule has 0 aliphatic heterocycles. The lowest BCUT2D eigenvalue weighted by molar-refractivity contribution is 0.543. The van der Waals surface area contributed by atoms with E-state index in [2.05, 4.69) is 14.9 Å². The molecule has 1 aliphatic rings. The van der Waals surface area contributed by atoms with Crippen LogP contribution in [0.25, 0.3) is 0 Å². The van der Waals surface area contributed by atoms with Crippen LogP contribution in [0.15, 0.2) is 12.5 Å². The molecule has 1 saturated carbocycles. The molecule has 1 N–H and O–H groups in total. The Balaban J connectivity index is 1.87. The van der Waals surface area contributed by atoms with Gasteiger partial charge in [0.05, 0.1) is 17.8 Å². The molecule has 1 aromatic heterocycles. The summed E-state index contributed by atoms with van der Waals surface area (Å²) in [5.41, 5.74) is 1.13. The molecule has 1 aliphatic carbocycles. The molecule has 1 unspecified atom stereocenters. The summed E-state index contributed by atoms with van der Waals surface area (Å²) in [6.07, 6.45) is 7.42. The van der Waals surface area contributed by atoms with Crippen molar-refractivity contribution in [3.63, 3.8) is 0 Å². The predicted octanol–water partition coefficient (Wildman–Crippen LogP) is 0.741. The molecule has 0 aromatic carbocycles. The molecule has 1 aromatic rings. The van der Waals surface area contributed by atoms with Crippen LogP contribution in [0, 0.1) is 0 Å². The van der Waals surface area contributed by atoms with Crippen molar-refractivity contribution in [3.8, 4) is 0 Å². The van der Waals surface area contributed by atoms with Crippen molar-refractivity contribution in [1.29, 1.82) is 0 Å². The maximum absolute atomic E-state index is 11.1. The van der Waals surface area contributed by atoms with Crippen LogP contribution in [0.5, 0.6) is 0 Å². The van der Waals surface area contributed by atoms with Crippen LogP contribution >= 0.6 is 0 Å². The van der Waals surface area contributed by atoms with Gasteiger partial charge in [-0.2, -0.15) is 0 Å². The Morgan fingerprint density at radius 1 is 1.59 bits per heavy atom. The van der Waals surface area contributed by atoms with Crippen LogP contribution in [-0.4, -0.2) is 36.0 Å². The lowest BCUT2D eigenvalue weighted by Gasteiger charge is -2.13. The number of sulfone groups is 1. The highest BCUT2D eigenvalue weighted by Crippen LogP contribution is 2.35. The van der Waals surface area contributed by atoms with Crippen molar-refractivity contribution >= 4 is 9.84 Å². The van der Waals surface area contributed by atoms with Gasteiger partial charge < -0.3 is 9.88 Å². The lowest BCUT2D eigenvalue weighted by atomic mass is 10.3. The molecule has 96 valence electrons. The molecule has 1 fully saturated rings. The van der Waals surface area contributed by atoms with E-state index in [4.69, 9.17) is 0 Å². The first kappa shape index (κ1) is 12.6. The molecule has 0 bridgehead atoms. The second-order valence-corrected chi connectivity index (χ2v) is 7.08. The van der Waals surface area contributed by atoms with E-state index in [1.807, 2.05) is 19.4 Å². The summed E-state index contributed by atoms with van der Waals surface area (Å²) >= 11 is 0. The van der Waals surface area contributed by atoms with E-state index in [-0.39, 0.29) is 11.8 Å². The van der Waals surface area contributed by atoms with E-state index in [1.54, 1.807) is 0 Å². The third-order valence-electron chi connectivity index (χ3n) is 2.87. The third-order valence-corrected chi connectivity index (χ3v) is 3.98. The zero-order chi connectivity index (χ0) is 12.5. The normalized spacial score (nSPS) is 18.2. The van der Waals surface area contributed by atoms with Gasteiger partial charge in [-0.25, -0.2) is 13.4 Å². The number of nitrogens with one attached hydrogen (secondary N) is 1. The molecule has 5 nitrogen and oxygen atoms in total. The maximum atomic E-state index is 11.1. The van der Waals surface area contributed by atoms with Gasteiger partial charge in [-0.1, -0.05) is 0 Å². The number of hydrogen-bond donors (Lipinski definition) is 1. The lowest BCUT2D eigenvalue weighted by Crippen LogP contribution is -2.32. The van der Waals surface area contributed by atoms with Gasteiger partial charge >= 0.3 is 0 Å². The van der Waals surface area contributed by atoms with E-state index in [9.17, 15) is 8.42 Å². The highest BCUT2D eigenvalue weighted by Gasteiger charge is 2.25. The topological polar surface area (TPSA) is 64.0 Å². The van der Waals surface area contributed by atoms with Crippen molar-refractivity contribution in [1.82, 2.24) is 14.9 Å². The van der Waals surface area contributed by atoms with Crippen molar-refractivity contribution in [2.75, 3.05) is 12.0 Å². The smallest absolute Gasteiger partial charge is 0.148 e. The summed E-state index contributed by atoms with van der Waals surface area (Å²) in [4.78, 5) is 4.14. The molecule has 2 rings (SSSR count).